The molecule has 1 aliphatic carbocycles. The fourth-order valence-corrected chi connectivity index (χ4v) is 11.9. The molecular formula is C61H39N3OS. The van der Waals surface area contributed by atoms with E-state index in [1.54, 1.807) is 11.3 Å². The summed E-state index contributed by atoms with van der Waals surface area (Å²) in [6.45, 7) is 4.72. The van der Waals surface area contributed by atoms with Crippen LogP contribution >= 0.6 is 11.3 Å². The normalized spacial score (nSPS) is 13.1. The number of aromatic nitrogens is 3. The lowest BCUT2D eigenvalue weighted by Gasteiger charge is -2.21. The molecule has 5 heteroatoms. The average Bonchev–Trinajstić information content (AvgIpc) is 4.09. The van der Waals surface area contributed by atoms with Crippen molar-refractivity contribution in [3.63, 3.8) is 0 Å². The summed E-state index contributed by atoms with van der Waals surface area (Å²) in [6.07, 6.45) is 0. The van der Waals surface area contributed by atoms with Gasteiger partial charge in [-0.05, 0) is 111 Å². The molecule has 0 atom stereocenters. The van der Waals surface area contributed by atoms with Crippen molar-refractivity contribution in [1.82, 2.24) is 14.5 Å². The van der Waals surface area contributed by atoms with Gasteiger partial charge in [0, 0.05) is 53.9 Å². The van der Waals surface area contributed by atoms with Crippen LogP contribution in [0.2, 0.25) is 0 Å². The van der Waals surface area contributed by atoms with Gasteiger partial charge < -0.3 is 8.98 Å². The van der Waals surface area contributed by atoms with Crippen LogP contribution in [0, 0.1) is 0 Å². The van der Waals surface area contributed by atoms with E-state index in [0.29, 0.717) is 5.82 Å². The third-order valence-corrected chi connectivity index (χ3v) is 15.2. The zero-order chi connectivity index (χ0) is 43.7. The van der Waals surface area contributed by atoms with Crippen LogP contribution in [0.4, 0.5) is 0 Å². The molecule has 4 heterocycles. The summed E-state index contributed by atoms with van der Waals surface area (Å²) in [5.41, 5.74) is 19.0. The monoisotopic (exact) mass is 861 g/mol. The fourth-order valence-electron chi connectivity index (χ4n) is 10.8. The highest BCUT2D eigenvalue weighted by molar-refractivity contribution is 7.26. The van der Waals surface area contributed by atoms with E-state index in [1.807, 2.05) is 0 Å². The zero-order valence-electron chi connectivity index (χ0n) is 36.2. The molecule has 0 radical (unpaired) electrons. The van der Waals surface area contributed by atoms with Gasteiger partial charge in [0.05, 0.1) is 26.9 Å². The van der Waals surface area contributed by atoms with Gasteiger partial charge in [-0.25, -0.2) is 9.97 Å². The fraction of sp³-hybridized carbons (Fsp3) is 0.0492. The summed E-state index contributed by atoms with van der Waals surface area (Å²) in [5, 5.41) is 5.65. The first-order chi connectivity index (χ1) is 32.5. The summed E-state index contributed by atoms with van der Waals surface area (Å²) in [4.78, 5) is 10.9. The maximum absolute atomic E-state index is 6.64. The minimum Gasteiger partial charge on any atom is -0.456 e. The number of nitrogens with zero attached hydrogens (tertiary/aromatic N) is 3. The minimum atomic E-state index is -0.103. The van der Waals surface area contributed by atoms with Crippen LogP contribution in [-0.2, 0) is 5.41 Å². The van der Waals surface area contributed by atoms with E-state index in [-0.39, 0.29) is 5.41 Å². The summed E-state index contributed by atoms with van der Waals surface area (Å²) in [6, 6.07) is 72.2. The molecule has 0 saturated carbocycles. The number of benzene rings is 9. The highest BCUT2D eigenvalue weighted by Gasteiger charge is 2.36. The molecule has 66 heavy (non-hydrogen) atoms. The van der Waals surface area contributed by atoms with Crippen LogP contribution in [-0.4, -0.2) is 14.5 Å². The molecule has 4 nitrogen and oxygen atoms in total. The number of hydrogen-bond donors (Lipinski definition) is 0. The van der Waals surface area contributed by atoms with E-state index < -0.39 is 0 Å². The Morgan fingerprint density at radius 3 is 1.92 bits per heavy atom. The van der Waals surface area contributed by atoms with Crippen molar-refractivity contribution in [3.05, 3.63) is 211 Å². The largest absolute Gasteiger partial charge is 0.456 e. The predicted octanol–water partition coefficient (Wildman–Crippen LogP) is 16.8. The number of furan rings is 1. The van der Waals surface area contributed by atoms with Gasteiger partial charge in [-0.15, -0.1) is 11.3 Å². The first-order valence-electron chi connectivity index (χ1n) is 22.6. The Kier molecular flexibility index (Phi) is 7.87. The maximum atomic E-state index is 6.64. The molecule has 4 aromatic heterocycles. The Morgan fingerprint density at radius 1 is 0.455 bits per heavy atom. The Hall–Kier alpha value is -8.12. The Balaban J connectivity index is 0.971. The van der Waals surface area contributed by atoms with Crippen molar-refractivity contribution >= 4 is 75.4 Å². The molecule has 310 valence electrons. The molecule has 0 spiro atoms. The molecule has 1 aliphatic rings. The summed E-state index contributed by atoms with van der Waals surface area (Å²) in [5.74, 6) is 0.678. The first kappa shape index (κ1) is 37.3. The number of thiophene rings is 1. The highest BCUT2D eigenvalue weighted by atomic mass is 32.1. The second-order valence-corrected chi connectivity index (χ2v) is 19.2. The molecule has 13 aromatic rings. The molecular weight excluding hydrogens is 823 g/mol. The molecule has 0 N–H and O–H groups in total. The van der Waals surface area contributed by atoms with Crippen LogP contribution in [0.25, 0.3) is 126 Å². The van der Waals surface area contributed by atoms with Gasteiger partial charge in [0.15, 0.2) is 5.82 Å². The molecule has 0 saturated heterocycles. The highest BCUT2D eigenvalue weighted by Crippen LogP contribution is 2.51. The topological polar surface area (TPSA) is 43.9 Å². The summed E-state index contributed by atoms with van der Waals surface area (Å²) >= 11 is 1.76. The van der Waals surface area contributed by atoms with Crippen molar-refractivity contribution in [2.24, 2.45) is 0 Å². The SMILES string of the molecule is CC1(C)c2ccccc2-c2cc3c4cc(-c5ccc6oc7cccc(-c8nc(-c9ccccc9)c9sc%10ccc(-c%11ccccc%11)cc%10c9n8)c7c6c5)ccc4n(-c4ccccc4)c3cc21. The van der Waals surface area contributed by atoms with E-state index in [1.165, 1.54) is 59.9 Å². The van der Waals surface area contributed by atoms with Crippen molar-refractivity contribution in [2.75, 3.05) is 0 Å². The number of para-hydroxylation sites is 1. The molecule has 9 aromatic carbocycles. The summed E-state index contributed by atoms with van der Waals surface area (Å²) in [7, 11) is 0. The second-order valence-electron chi connectivity index (χ2n) is 18.1. The maximum Gasteiger partial charge on any atom is 0.161 e. The van der Waals surface area contributed by atoms with Gasteiger partial charge in [0.1, 0.15) is 11.2 Å². The van der Waals surface area contributed by atoms with Crippen molar-refractivity contribution in [1.29, 1.82) is 0 Å². The number of hydrogen-bond acceptors (Lipinski definition) is 4. The third-order valence-electron chi connectivity index (χ3n) is 14.0. The van der Waals surface area contributed by atoms with E-state index >= 15 is 0 Å². The Bertz CT molecular complexity index is 4120. The van der Waals surface area contributed by atoms with Gasteiger partial charge >= 0.3 is 0 Å². The van der Waals surface area contributed by atoms with E-state index in [4.69, 9.17) is 14.4 Å². The van der Waals surface area contributed by atoms with E-state index in [0.717, 1.165) is 71.2 Å². The molecule has 0 unspecified atom stereocenters. The lowest BCUT2D eigenvalue weighted by molar-refractivity contribution is 0.661. The van der Waals surface area contributed by atoms with Crippen molar-refractivity contribution in [3.8, 4) is 61.7 Å². The Labute approximate surface area is 384 Å². The molecule has 0 bridgehead atoms. The summed E-state index contributed by atoms with van der Waals surface area (Å²) < 4.78 is 11.3. The molecule has 0 aliphatic heterocycles. The zero-order valence-corrected chi connectivity index (χ0v) is 37.0. The van der Waals surface area contributed by atoms with Crippen molar-refractivity contribution in [2.45, 2.75) is 19.3 Å². The van der Waals surface area contributed by atoms with Gasteiger partial charge in [-0.3, -0.25) is 0 Å². The van der Waals surface area contributed by atoms with Gasteiger partial charge in [0.2, 0.25) is 0 Å². The third kappa shape index (κ3) is 5.44. The smallest absolute Gasteiger partial charge is 0.161 e. The molecule has 14 rings (SSSR count). The quantitative estimate of drug-likeness (QED) is 0.173. The lowest BCUT2D eigenvalue weighted by Crippen LogP contribution is -2.14. The lowest BCUT2D eigenvalue weighted by atomic mass is 9.82. The Morgan fingerprint density at radius 2 is 1.11 bits per heavy atom. The van der Waals surface area contributed by atoms with Gasteiger partial charge in [-0.2, -0.15) is 0 Å². The van der Waals surface area contributed by atoms with Gasteiger partial charge in [0.25, 0.3) is 0 Å². The van der Waals surface area contributed by atoms with E-state index in [9.17, 15) is 0 Å². The van der Waals surface area contributed by atoms with E-state index in [2.05, 4.69) is 219 Å². The van der Waals surface area contributed by atoms with Crippen LogP contribution < -0.4 is 0 Å². The molecule has 0 fully saturated rings. The molecule has 0 amide bonds. The van der Waals surface area contributed by atoms with Crippen LogP contribution in [0.15, 0.2) is 205 Å². The van der Waals surface area contributed by atoms with Crippen LogP contribution in [0.3, 0.4) is 0 Å². The minimum absolute atomic E-state index is 0.103. The predicted molar refractivity (Wildman–Crippen MR) is 276 cm³/mol. The second kappa shape index (κ2) is 13.9. The van der Waals surface area contributed by atoms with Crippen molar-refractivity contribution < 1.29 is 4.42 Å². The number of fused-ring (bicyclic) bond motifs is 12. The first-order valence-corrected chi connectivity index (χ1v) is 23.4. The van der Waals surface area contributed by atoms with Crippen LogP contribution in [0.1, 0.15) is 25.0 Å². The van der Waals surface area contributed by atoms with Crippen LogP contribution in [0.5, 0.6) is 0 Å². The number of rotatable bonds is 5. The standard InChI is InChI=1S/C61H39N3OS/c1-61(2)49-23-13-12-21-42(49)44-34-46-45-31-39(25-28-51(45)64(52(46)35-50(44)61)41-19-10-5-11-20-41)40-26-29-53-47(32-40)56-43(22-14-24-54(56)65-53)60-62-57(37-17-8-4-9-18-37)59-58(63-60)48-33-38(27-30-55(48)66-59)36-15-6-3-7-16-36/h3-35H,1-2H3. The van der Waals surface area contributed by atoms with Gasteiger partial charge in [-0.1, -0.05) is 147 Å². The average molecular weight is 862 g/mol.